The Bertz CT molecular complexity index is 1190. The summed E-state index contributed by atoms with van der Waals surface area (Å²) in [6.07, 6.45) is 2.82. The number of hydrogen-bond donors (Lipinski definition) is 2. The first-order valence-corrected chi connectivity index (χ1v) is 11.2. The molecule has 3 aromatic rings. The number of anilines is 1. The number of aromatic nitrogens is 1. The Morgan fingerprint density at radius 3 is 2.76 bits per heavy atom. The van der Waals surface area contributed by atoms with Crippen LogP contribution in [0.15, 0.2) is 48.7 Å². The Hall–Kier alpha value is -3.23. The molecule has 2 aromatic carbocycles. The van der Waals surface area contributed by atoms with Crippen molar-refractivity contribution < 1.29 is 23.8 Å². The van der Waals surface area contributed by atoms with Gasteiger partial charge >= 0.3 is 0 Å². The lowest BCUT2D eigenvalue weighted by molar-refractivity contribution is -0.117. The topological polar surface area (TPSA) is 83.8 Å². The zero-order valence-corrected chi connectivity index (χ0v) is 18.2. The van der Waals surface area contributed by atoms with Crippen molar-refractivity contribution in [1.29, 1.82) is 0 Å². The van der Waals surface area contributed by atoms with Crippen molar-refractivity contribution in [3.8, 4) is 0 Å². The highest BCUT2D eigenvalue weighted by molar-refractivity contribution is 6.07. The molecule has 2 aliphatic heterocycles. The predicted octanol–water partition coefficient (Wildman–Crippen LogP) is 2.84. The highest BCUT2D eigenvalue weighted by Crippen LogP contribution is 2.27. The van der Waals surface area contributed by atoms with E-state index >= 15 is 0 Å². The fourth-order valence-electron chi connectivity index (χ4n) is 4.65. The van der Waals surface area contributed by atoms with Gasteiger partial charge in [0.25, 0.3) is 5.91 Å². The van der Waals surface area contributed by atoms with E-state index < -0.39 is 23.9 Å². The Kier molecular flexibility index (Phi) is 5.86. The number of fused-ring (bicyclic) bond motifs is 1. The van der Waals surface area contributed by atoms with E-state index in [-0.39, 0.29) is 23.5 Å². The molecule has 0 saturated carbocycles. The molecule has 2 fully saturated rings. The van der Waals surface area contributed by atoms with Crippen LogP contribution in [0.3, 0.4) is 0 Å². The molecule has 33 heavy (non-hydrogen) atoms. The number of halogens is 1. The van der Waals surface area contributed by atoms with Crippen LogP contribution in [-0.2, 0) is 16.1 Å². The van der Waals surface area contributed by atoms with Crippen LogP contribution in [0.4, 0.5) is 10.1 Å². The molecule has 3 heterocycles. The molecular formula is C25H26FN3O4. The molecule has 8 heteroatoms. The fourth-order valence-corrected chi connectivity index (χ4v) is 4.65. The third-order valence-electron chi connectivity index (χ3n) is 6.42. The molecule has 2 atom stereocenters. The van der Waals surface area contributed by atoms with E-state index in [1.165, 1.54) is 6.07 Å². The molecule has 0 bridgehead atoms. The molecule has 5 rings (SSSR count). The Morgan fingerprint density at radius 1 is 1.21 bits per heavy atom. The lowest BCUT2D eigenvalue weighted by Gasteiger charge is -2.28. The smallest absolute Gasteiger partial charge is 0.253 e. The van der Waals surface area contributed by atoms with Crippen molar-refractivity contribution in [1.82, 2.24) is 9.88 Å². The molecule has 0 unspecified atom stereocenters. The summed E-state index contributed by atoms with van der Waals surface area (Å²) >= 11 is 0. The van der Waals surface area contributed by atoms with E-state index in [2.05, 4.69) is 5.32 Å². The second-order valence-electron chi connectivity index (χ2n) is 8.63. The van der Waals surface area contributed by atoms with Gasteiger partial charge in [0, 0.05) is 43.4 Å². The molecule has 2 amide bonds. The minimum absolute atomic E-state index is 0.139. The number of benzene rings is 2. The summed E-state index contributed by atoms with van der Waals surface area (Å²) in [7, 11) is 0. The number of amides is 2. The summed E-state index contributed by atoms with van der Waals surface area (Å²) in [6.45, 7) is 1.80. The number of nitrogens with one attached hydrogen (secondary N) is 1. The van der Waals surface area contributed by atoms with Gasteiger partial charge in [0.1, 0.15) is 5.82 Å². The number of carbonyl (C=O) groups excluding carboxylic acids is 2. The van der Waals surface area contributed by atoms with Gasteiger partial charge in [-0.1, -0.05) is 18.2 Å². The Balaban J connectivity index is 1.41. The van der Waals surface area contributed by atoms with Gasteiger partial charge in [-0.25, -0.2) is 4.39 Å². The first-order valence-electron chi connectivity index (χ1n) is 11.2. The van der Waals surface area contributed by atoms with Gasteiger partial charge in [0.05, 0.1) is 29.8 Å². The largest absolute Gasteiger partial charge is 0.389 e. The maximum absolute atomic E-state index is 14.8. The third kappa shape index (κ3) is 4.24. The average molecular weight is 451 g/mol. The number of rotatable bonds is 5. The molecular weight excluding hydrogens is 425 g/mol. The monoisotopic (exact) mass is 451 g/mol. The van der Waals surface area contributed by atoms with E-state index in [0.29, 0.717) is 31.5 Å². The summed E-state index contributed by atoms with van der Waals surface area (Å²) < 4.78 is 21.8. The molecule has 0 radical (unpaired) electrons. The fraction of sp³-hybridized carbons (Fsp3) is 0.360. The van der Waals surface area contributed by atoms with Gasteiger partial charge in [-0.15, -0.1) is 0 Å². The average Bonchev–Trinajstić information content (AvgIpc) is 3.40. The van der Waals surface area contributed by atoms with Crippen molar-refractivity contribution in [3.63, 3.8) is 0 Å². The van der Waals surface area contributed by atoms with Gasteiger partial charge in [-0.2, -0.15) is 0 Å². The van der Waals surface area contributed by atoms with E-state index in [9.17, 15) is 19.1 Å². The predicted molar refractivity (Wildman–Crippen MR) is 122 cm³/mol. The number of carbonyl (C=O) groups is 2. The van der Waals surface area contributed by atoms with E-state index in [0.717, 1.165) is 24.2 Å². The van der Waals surface area contributed by atoms with Gasteiger partial charge in [-0.3, -0.25) is 9.59 Å². The summed E-state index contributed by atoms with van der Waals surface area (Å²) in [5, 5.41) is 13.2. The second-order valence-corrected chi connectivity index (χ2v) is 8.63. The van der Waals surface area contributed by atoms with Crippen LogP contribution in [0.5, 0.6) is 0 Å². The van der Waals surface area contributed by atoms with Crippen LogP contribution >= 0.6 is 0 Å². The molecule has 1 aromatic heterocycles. The Morgan fingerprint density at radius 2 is 2.03 bits per heavy atom. The minimum atomic E-state index is -0.790. The van der Waals surface area contributed by atoms with Crippen LogP contribution in [0.2, 0.25) is 0 Å². The summed E-state index contributed by atoms with van der Waals surface area (Å²) in [4.78, 5) is 26.8. The second kappa shape index (κ2) is 8.96. The lowest BCUT2D eigenvalue weighted by Crippen LogP contribution is -2.48. The lowest BCUT2D eigenvalue weighted by atomic mass is 10.1. The maximum Gasteiger partial charge on any atom is 0.253 e. The van der Waals surface area contributed by atoms with Crippen molar-refractivity contribution in [2.75, 3.05) is 24.7 Å². The van der Waals surface area contributed by atoms with Crippen LogP contribution in [0, 0.1) is 5.82 Å². The van der Waals surface area contributed by atoms with Crippen molar-refractivity contribution in [2.45, 2.75) is 38.0 Å². The van der Waals surface area contributed by atoms with Crippen LogP contribution in [-0.4, -0.2) is 53.4 Å². The molecule has 2 N–H and O–H groups in total. The number of nitrogens with zero attached hydrogens (tertiary/aromatic N) is 2. The normalized spacial score (nSPS) is 21.0. The summed E-state index contributed by atoms with van der Waals surface area (Å²) in [5.74, 6) is -0.746. The summed E-state index contributed by atoms with van der Waals surface area (Å²) in [6, 6.07) is 12.1. The van der Waals surface area contributed by atoms with Crippen molar-refractivity contribution in [2.24, 2.45) is 0 Å². The highest BCUT2D eigenvalue weighted by atomic mass is 19.1. The zero-order chi connectivity index (χ0) is 22.9. The molecule has 0 spiro atoms. The van der Waals surface area contributed by atoms with E-state index in [1.807, 2.05) is 28.8 Å². The first kappa shape index (κ1) is 21.6. The number of aliphatic hydroxyl groups is 1. The minimum Gasteiger partial charge on any atom is -0.389 e. The first-order chi connectivity index (χ1) is 16.0. The van der Waals surface area contributed by atoms with Gasteiger partial charge in [-0.05, 0) is 42.7 Å². The molecule has 0 aliphatic carbocycles. The highest BCUT2D eigenvalue weighted by Gasteiger charge is 2.27. The third-order valence-corrected chi connectivity index (χ3v) is 6.42. The van der Waals surface area contributed by atoms with Gasteiger partial charge in [0.15, 0.2) is 0 Å². The molecule has 2 saturated heterocycles. The maximum atomic E-state index is 14.8. The SMILES string of the molecule is O=C(N[C@H]1CCOC[C@@H]1O)c1cn(Cc2ccc(N3CCCC3=O)cc2)c2cccc(F)c12. The quantitative estimate of drug-likeness (QED) is 0.625. The summed E-state index contributed by atoms with van der Waals surface area (Å²) in [5.41, 5.74) is 2.70. The van der Waals surface area contributed by atoms with Crippen LogP contribution < -0.4 is 10.2 Å². The van der Waals surface area contributed by atoms with Crippen LogP contribution in [0.1, 0.15) is 35.2 Å². The van der Waals surface area contributed by atoms with Crippen molar-refractivity contribution >= 4 is 28.4 Å². The molecule has 172 valence electrons. The molecule has 2 aliphatic rings. The van der Waals surface area contributed by atoms with E-state index in [4.69, 9.17) is 4.74 Å². The Labute approximate surface area is 190 Å². The number of ether oxygens (including phenoxy) is 1. The van der Waals surface area contributed by atoms with Gasteiger partial charge in [0.2, 0.25) is 5.91 Å². The van der Waals surface area contributed by atoms with Gasteiger partial charge < -0.3 is 24.6 Å². The van der Waals surface area contributed by atoms with E-state index in [1.54, 1.807) is 23.2 Å². The van der Waals surface area contributed by atoms with Crippen molar-refractivity contribution in [3.05, 3.63) is 65.6 Å². The number of aliphatic hydroxyl groups excluding tert-OH is 1. The standard InChI is InChI=1S/C25H26FN3O4/c26-19-3-1-4-21-24(19)18(25(32)27-20-10-12-33-15-22(20)30)14-28(21)13-16-6-8-17(9-7-16)29-11-2-5-23(29)31/h1,3-4,6-9,14,20,22,30H,2,5,10-13,15H2,(H,27,32)/t20-,22-/m0/s1. The number of hydrogen-bond acceptors (Lipinski definition) is 4. The molecule has 7 nitrogen and oxygen atoms in total. The van der Waals surface area contributed by atoms with Crippen LogP contribution in [0.25, 0.3) is 10.9 Å². The zero-order valence-electron chi connectivity index (χ0n) is 18.2.